The van der Waals surface area contributed by atoms with Gasteiger partial charge in [0.05, 0.1) is 19.4 Å². The Morgan fingerprint density at radius 3 is 2.57 bits per heavy atom. The van der Waals surface area contributed by atoms with Crippen LogP contribution in [0.2, 0.25) is 0 Å². The lowest BCUT2D eigenvalue weighted by molar-refractivity contribution is -0.131. The van der Waals surface area contributed by atoms with Crippen LogP contribution >= 0.6 is 0 Å². The Hall–Kier alpha value is -1.96. The Morgan fingerprint density at radius 2 is 1.95 bits per heavy atom. The molecule has 1 aromatic heterocycles. The van der Waals surface area contributed by atoms with Crippen LogP contribution in [0.1, 0.15) is 29.0 Å². The van der Waals surface area contributed by atoms with Crippen LogP contribution < -0.4 is 0 Å². The molecule has 0 bridgehead atoms. The zero-order chi connectivity index (χ0) is 15.2. The van der Waals surface area contributed by atoms with Gasteiger partial charge in [-0.1, -0.05) is 5.21 Å². The lowest BCUT2D eigenvalue weighted by Gasteiger charge is -2.15. The summed E-state index contributed by atoms with van der Waals surface area (Å²) in [4.78, 5) is 25.7. The fourth-order valence-corrected chi connectivity index (χ4v) is 2.36. The lowest BCUT2D eigenvalue weighted by Crippen LogP contribution is -2.32. The highest BCUT2D eigenvalue weighted by Gasteiger charge is 2.24. The normalized spacial score (nSPS) is 14.5. The molecule has 8 heteroatoms. The van der Waals surface area contributed by atoms with Crippen LogP contribution in [-0.2, 0) is 27.2 Å². The van der Waals surface area contributed by atoms with E-state index >= 15 is 0 Å². The summed E-state index contributed by atoms with van der Waals surface area (Å²) in [7, 11) is 2.86. The first-order valence-corrected chi connectivity index (χ1v) is 6.94. The van der Waals surface area contributed by atoms with Crippen molar-refractivity contribution in [3.05, 3.63) is 11.4 Å². The molecule has 0 N–H and O–H groups in total. The van der Waals surface area contributed by atoms with E-state index in [-0.39, 0.29) is 18.1 Å². The summed E-state index contributed by atoms with van der Waals surface area (Å²) >= 11 is 0. The second kappa shape index (κ2) is 7.16. The van der Waals surface area contributed by atoms with Crippen LogP contribution in [0.3, 0.4) is 0 Å². The fraction of sp³-hybridized carbons (Fsp3) is 0.692. The van der Waals surface area contributed by atoms with E-state index in [1.54, 1.807) is 12.0 Å². The van der Waals surface area contributed by atoms with Crippen molar-refractivity contribution in [2.75, 3.05) is 33.9 Å². The lowest BCUT2D eigenvalue weighted by atomic mass is 10.2. The molecule has 0 aromatic carbocycles. The number of hydrogen-bond acceptors (Lipinski definition) is 6. The van der Waals surface area contributed by atoms with Gasteiger partial charge in [-0.25, -0.2) is 9.48 Å². The van der Waals surface area contributed by atoms with E-state index in [0.29, 0.717) is 18.7 Å². The maximum atomic E-state index is 12.2. The van der Waals surface area contributed by atoms with Gasteiger partial charge in [-0.2, -0.15) is 0 Å². The highest BCUT2D eigenvalue weighted by molar-refractivity contribution is 5.88. The molecule has 1 aromatic rings. The Labute approximate surface area is 123 Å². The van der Waals surface area contributed by atoms with Gasteiger partial charge in [-0.05, 0) is 12.8 Å². The van der Waals surface area contributed by atoms with Gasteiger partial charge in [-0.15, -0.1) is 5.10 Å². The van der Waals surface area contributed by atoms with Crippen molar-refractivity contribution in [3.63, 3.8) is 0 Å². The Bertz CT molecular complexity index is 508. The topological polar surface area (TPSA) is 86.5 Å². The highest BCUT2D eigenvalue weighted by atomic mass is 16.5. The van der Waals surface area contributed by atoms with E-state index in [2.05, 4.69) is 15.0 Å². The summed E-state index contributed by atoms with van der Waals surface area (Å²) in [5.41, 5.74) is 0.708. The molecule has 1 fully saturated rings. The van der Waals surface area contributed by atoms with Gasteiger partial charge in [0.2, 0.25) is 5.91 Å². The predicted octanol–water partition coefficient (Wildman–Crippen LogP) is -0.124. The number of likely N-dealkylation sites (tertiary alicyclic amines) is 1. The van der Waals surface area contributed by atoms with Gasteiger partial charge in [0.15, 0.2) is 5.69 Å². The van der Waals surface area contributed by atoms with Crippen LogP contribution in [0.4, 0.5) is 0 Å². The number of ether oxygens (including phenoxy) is 2. The maximum Gasteiger partial charge on any atom is 0.360 e. The van der Waals surface area contributed by atoms with Gasteiger partial charge < -0.3 is 14.4 Å². The third-order valence-corrected chi connectivity index (χ3v) is 3.50. The zero-order valence-electron chi connectivity index (χ0n) is 12.4. The molecular weight excluding hydrogens is 276 g/mol. The minimum absolute atomic E-state index is 0.00696. The Kier molecular flexibility index (Phi) is 5.26. The van der Waals surface area contributed by atoms with E-state index in [4.69, 9.17) is 4.74 Å². The van der Waals surface area contributed by atoms with Crippen molar-refractivity contribution in [2.45, 2.75) is 25.8 Å². The number of carbonyl (C=O) groups is 2. The molecule has 0 unspecified atom stereocenters. The number of rotatable bonds is 6. The zero-order valence-corrected chi connectivity index (χ0v) is 12.4. The van der Waals surface area contributed by atoms with Crippen LogP contribution in [-0.4, -0.2) is 65.7 Å². The Morgan fingerprint density at radius 1 is 1.24 bits per heavy atom. The summed E-state index contributed by atoms with van der Waals surface area (Å²) in [6, 6.07) is 0. The molecule has 2 heterocycles. The minimum atomic E-state index is -0.555. The summed E-state index contributed by atoms with van der Waals surface area (Å²) in [5, 5.41) is 7.74. The van der Waals surface area contributed by atoms with Crippen molar-refractivity contribution in [2.24, 2.45) is 0 Å². The second-order valence-corrected chi connectivity index (χ2v) is 4.86. The third kappa shape index (κ3) is 3.57. The Balaban J connectivity index is 2.15. The van der Waals surface area contributed by atoms with Crippen LogP contribution in [0.5, 0.6) is 0 Å². The SMILES string of the molecule is COCCc1c(C(=O)OC)nnn1CC(=O)N1CCCC1. The molecule has 21 heavy (non-hydrogen) atoms. The molecular formula is C13H20N4O4. The van der Waals surface area contributed by atoms with Crippen LogP contribution in [0, 0.1) is 0 Å². The molecule has 1 aliphatic heterocycles. The number of aromatic nitrogens is 3. The van der Waals surface area contributed by atoms with E-state index in [9.17, 15) is 9.59 Å². The summed E-state index contributed by atoms with van der Waals surface area (Å²) in [6.07, 6.45) is 2.52. The summed E-state index contributed by atoms with van der Waals surface area (Å²) < 4.78 is 11.2. The number of methoxy groups -OCH3 is 2. The summed E-state index contributed by atoms with van der Waals surface area (Å²) in [5.74, 6) is -0.562. The van der Waals surface area contributed by atoms with Crippen molar-refractivity contribution < 1.29 is 19.1 Å². The smallest absolute Gasteiger partial charge is 0.360 e. The van der Waals surface area contributed by atoms with Gasteiger partial charge in [0.25, 0.3) is 0 Å². The number of hydrogen-bond donors (Lipinski definition) is 0. The molecule has 1 saturated heterocycles. The van der Waals surface area contributed by atoms with E-state index < -0.39 is 5.97 Å². The molecule has 116 valence electrons. The molecule has 0 radical (unpaired) electrons. The minimum Gasteiger partial charge on any atom is -0.464 e. The first kappa shape index (κ1) is 15.4. The largest absolute Gasteiger partial charge is 0.464 e. The predicted molar refractivity (Wildman–Crippen MR) is 72.8 cm³/mol. The van der Waals surface area contributed by atoms with Crippen molar-refractivity contribution in [1.82, 2.24) is 19.9 Å². The first-order valence-electron chi connectivity index (χ1n) is 6.94. The molecule has 0 aliphatic carbocycles. The fourth-order valence-electron chi connectivity index (χ4n) is 2.36. The quantitative estimate of drug-likeness (QED) is 0.680. The maximum absolute atomic E-state index is 12.2. The molecule has 2 rings (SSSR count). The third-order valence-electron chi connectivity index (χ3n) is 3.50. The van der Waals surface area contributed by atoms with Crippen LogP contribution in [0.25, 0.3) is 0 Å². The molecule has 0 spiro atoms. The first-order chi connectivity index (χ1) is 10.2. The van der Waals surface area contributed by atoms with Gasteiger partial charge in [0, 0.05) is 26.6 Å². The highest BCUT2D eigenvalue weighted by Crippen LogP contribution is 2.12. The van der Waals surface area contributed by atoms with Gasteiger partial charge >= 0.3 is 5.97 Å². The monoisotopic (exact) mass is 296 g/mol. The number of nitrogens with zero attached hydrogens (tertiary/aromatic N) is 4. The number of carbonyl (C=O) groups excluding carboxylic acids is 2. The molecule has 1 aliphatic rings. The molecule has 8 nitrogen and oxygen atoms in total. The average molecular weight is 296 g/mol. The van der Waals surface area contributed by atoms with Gasteiger partial charge in [-0.3, -0.25) is 4.79 Å². The molecule has 0 atom stereocenters. The standard InChI is InChI=1S/C13H20N4O4/c1-20-8-5-10-12(13(19)21-2)14-15-17(10)9-11(18)16-6-3-4-7-16/h3-9H2,1-2H3. The number of amides is 1. The number of esters is 1. The molecule has 0 saturated carbocycles. The van der Waals surface area contributed by atoms with E-state index in [1.165, 1.54) is 11.8 Å². The van der Waals surface area contributed by atoms with Gasteiger partial charge in [0.1, 0.15) is 6.54 Å². The van der Waals surface area contributed by atoms with Crippen molar-refractivity contribution >= 4 is 11.9 Å². The summed E-state index contributed by atoms with van der Waals surface area (Å²) in [6.45, 7) is 2.06. The average Bonchev–Trinajstić information content (AvgIpc) is 3.14. The molecule has 1 amide bonds. The van der Waals surface area contributed by atoms with Crippen molar-refractivity contribution in [3.8, 4) is 0 Å². The van der Waals surface area contributed by atoms with E-state index in [0.717, 1.165) is 25.9 Å². The second-order valence-electron chi connectivity index (χ2n) is 4.86. The van der Waals surface area contributed by atoms with Crippen molar-refractivity contribution in [1.29, 1.82) is 0 Å². The van der Waals surface area contributed by atoms with E-state index in [1.807, 2.05) is 0 Å². The van der Waals surface area contributed by atoms with Crippen LogP contribution in [0.15, 0.2) is 0 Å².